The van der Waals surface area contributed by atoms with Crippen LogP contribution in [0, 0.1) is 19.7 Å². The van der Waals surface area contributed by atoms with E-state index < -0.39 is 0 Å². The summed E-state index contributed by atoms with van der Waals surface area (Å²) in [6, 6.07) is 4.94. The topological polar surface area (TPSA) is 37.8 Å². The van der Waals surface area contributed by atoms with Crippen molar-refractivity contribution >= 4 is 23.1 Å². The number of nitrogens with one attached hydrogen (secondary N) is 1. The molecule has 1 heterocycles. The van der Waals surface area contributed by atoms with Gasteiger partial charge in [-0.1, -0.05) is 30.7 Å². The maximum Gasteiger partial charge on any atom is 0.146 e. The summed E-state index contributed by atoms with van der Waals surface area (Å²) in [7, 11) is 0. The molecule has 0 aliphatic heterocycles. The summed E-state index contributed by atoms with van der Waals surface area (Å²) in [5, 5.41) is 3.44. The van der Waals surface area contributed by atoms with Gasteiger partial charge in [-0.2, -0.15) is 0 Å². The Morgan fingerprint density at radius 1 is 1.25 bits per heavy atom. The molecule has 1 aromatic carbocycles. The van der Waals surface area contributed by atoms with Gasteiger partial charge in [0.1, 0.15) is 22.6 Å². The predicted molar refractivity (Wildman–Crippen MR) is 80.2 cm³/mol. The second-order valence-corrected chi connectivity index (χ2v) is 5.07. The Labute approximate surface area is 123 Å². The van der Waals surface area contributed by atoms with Gasteiger partial charge in [-0.3, -0.25) is 0 Å². The molecule has 0 amide bonds. The first kappa shape index (κ1) is 14.7. The Bertz CT molecular complexity index is 609. The quantitative estimate of drug-likeness (QED) is 0.838. The maximum absolute atomic E-state index is 13.9. The molecule has 1 aromatic heterocycles. The highest BCUT2D eigenvalue weighted by molar-refractivity contribution is 6.30. The van der Waals surface area contributed by atoms with Crippen molar-refractivity contribution in [1.29, 1.82) is 0 Å². The maximum atomic E-state index is 13.9. The van der Waals surface area contributed by atoms with Gasteiger partial charge >= 0.3 is 0 Å². The predicted octanol–water partition coefficient (Wildman–Crippen LogP) is 4.58. The number of benzene rings is 1. The monoisotopic (exact) mass is 293 g/mol. The zero-order chi connectivity index (χ0) is 14.7. The second-order valence-electron chi connectivity index (χ2n) is 4.71. The zero-order valence-electron chi connectivity index (χ0n) is 11.8. The molecule has 0 aliphatic rings. The lowest BCUT2D eigenvalue weighted by Crippen LogP contribution is -2.05. The van der Waals surface area contributed by atoms with E-state index in [1.807, 2.05) is 26.8 Å². The molecule has 2 rings (SSSR count). The van der Waals surface area contributed by atoms with E-state index in [2.05, 4.69) is 15.3 Å². The molecule has 3 nitrogen and oxygen atoms in total. The summed E-state index contributed by atoms with van der Waals surface area (Å²) in [6.07, 6.45) is 1.67. The standard InChI is InChI=1S/C15H17ClFN3/c1-4-6-12-18-14(16)10(3)15(19-12)20-13-9(2)7-5-8-11(13)17/h5,7-8H,4,6H2,1-3H3,(H,18,19,20). The van der Waals surface area contributed by atoms with Crippen LogP contribution in [0.2, 0.25) is 5.15 Å². The van der Waals surface area contributed by atoms with Crippen molar-refractivity contribution in [3.05, 3.63) is 46.1 Å². The first-order chi connectivity index (χ1) is 9.52. The highest BCUT2D eigenvalue weighted by atomic mass is 35.5. The number of hydrogen-bond donors (Lipinski definition) is 1. The minimum absolute atomic E-state index is 0.309. The molecule has 20 heavy (non-hydrogen) atoms. The summed E-state index contributed by atoms with van der Waals surface area (Å²) in [6.45, 7) is 5.71. The van der Waals surface area contributed by atoms with Crippen LogP contribution in [0.15, 0.2) is 18.2 Å². The second kappa shape index (κ2) is 6.18. The number of anilines is 2. The van der Waals surface area contributed by atoms with Crippen molar-refractivity contribution in [3.63, 3.8) is 0 Å². The Balaban J connectivity index is 2.42. The van der Waals surface area contributed by atoms with Crippen LogP contribution < -0.4 is 5.32 Å². The zero-order valence-corrected chi connectivity index (χ0v) is 12.6. The molecule has 0 aliphatic carbocycles. The molecule has 0 fully saturated rings. The van der Waals surface area contributed by atoms with Crippen LogP contribution in [0.5, 0.6) is 0 Å². The van der Waals surface area contributed by atoms with Crippen molar-refractivity contribution in [1.82, 2.24) is 9.97 Å². The van der Waals surface area contributed by atoms with Crippen molar-refractivity contribution in [2.24, 2.45) is 0 Å². The molecule has 0 spiro atoms. The number of halogens is 2. The van der Waals surface area contributed by atoms with E-state index in [1.165, 1.54) is 6.07 Å². The van der Waals surface area contributed by atoms with Crippen LogP contribution in [0.3, 0.4) is 0 Å². The average molecular weight is 294 g/mol. The first-order valence-electron chi connectivity index (χ1n) is 6.58. The van der Waals surface area contributed by atoms with E-state index in [1.54, 1.807) is 6.07 Å². The molecule has 0 atom stereocenters. The van der Waals surface area contributed by atoms with E-state index in [0.29, 0.717) is 28.0 Å². The van der Waals surface area contributed by atoms with Gasteiger partial charge in [0.25, 0.3) is 0 Å². The summed E-state index contributed by atoms with van der Waals surface area (Å²) >= 11 is 6.12. The van der Waals surface area contributed by atoms with Gasteiger partial charge in [0, 0.05) is 12.0 Å². The number of aryl methyl sites for hydroxylation is 2. The third-order valence-electron chi connectivity index (χ3n) is 3.07. The van der Waals surface area contributed by atoms with Gasteiger partial charge in [-0.25, -0.2) is 14.4 Å². The smallest absolute Gasteiger partial charge is 0.146 e. The molecule has 1 N–H and O–H groups in total. The lowest BCUT2D eigenvalue weighted by Gasteiger charge is -2.13. The molecular weight excluding hydrogens is 277 g/mol. The number of rotatable bonds is 4. The lowest BCUT2D eigenvalue weighted by molar-refractivity contribution is 0.630. The third kappa shape index (κ3) is 3.07. The number of para-hydroxylation sites is 1. The van der Waals surface area contributed by atoms with Gasteiger partial charge < -0.3 is 5.32 Å². The van der Waals surface area contributed by atoms with Gasteiger partial charge in [0.2, 0.25) is 0 Å². The summed E-state index contributed by atoms with van der Waals surface area (Å²) < 4.78 is 13.9. The first-order valence-corrected chi connectivity index (χ1v) is 6.96. The lowest BCUT2D eigenvalue weighted by atomic mass is 10.2. The van der Waals surface area contributed by atoms with Crippen molar-refractivity contribution < 1.29 is 4.39 Å². The fourth-order valence-electron chi connectivity index (χ4n) is 1.90. The molecule has 0 unspecified atom stereocenters. The van der Waals surface area contributed by atoms with Crippen molar-refractivity contribution in [2.75, 3.05) is 5.32 Å². The van der Waals surface area contributed by atoms with Crippen LogP contribution in [0.25, 0.3) is 0 Å². The Morgan fingerprint density at radius 2 is 2.00 bits per heavy atom. The van der Waals surface area contributed by atoms with Crippen LogP contribution in [-0.4, -0.2) is 9.97 Å². The van der Waals surface area contributed by atoms with E-state index >= 15 is 0 Å². The number of hydrogen-bond acceptors (Lipinski definition) is 3. The van der Waals surface area contributed by atoms with Gasteiger partial charge in [0.15, 0.2) is 0 Å². The summed E-state index contributed by atoms with van der Waals surface area (Å²) in [4.78, 5) is 8.66. The molecular formula is C15H17ClFN3. The Hall–Kier alpha value is -1.68. The Morgan fingerprint density at radius 3 is 2.65 bits per heavy atom. The van der Waals surface area contributed by atoms with Crippen LogP contribution in [0.1, 0.15) is 30.3 Å². The molecule has 0 radical (unpaired) electrons. The van der Waals surface area contributed by atoms with E-state index in [-0.39, 0.29) is 5.82 Å². The van der Waals surface area contributed by atoms with Gasteiger partial charge in [-0.15, -0.1) is 0 Å². The highest BCUT2D eigenvalue weighted by Crippen LogP contribution is 2.27. The molecule has 2 aromatic rings. The van der Waals surface area contributed by atoms with Crippen LogP contribution in [-0.2, 0) is 6.42 Å². The Kier molecular flexibility index (Phi) is 4.55. The van der Waals surface area contributed by atoms with Gasteiger partial charge in [-0.05, 0) is 31.9 Å². The van der Waals surface area contributed by atoms with Crippen molar-refractivity contribution in [3.8, 4) is 0 Å². The van der Waals surface area contributed by atoms with E-state index in [4.69, 9.17) is 11.6 Å². The average Bonchev–Trinajstić information content (AvgIpc) is 2.39. The molecule has 0 saturated heterocycles. The summed E-state index contributed by atoms with van der Waals surface area (Å²) in [5.74, 6) is 0.914. The summed E-state index contributed by atoms with van der Waals surface area (Å²) in [5.41, 5.74) is 1.96. The molecule has 0 bridgehead atoms. The SMILES string of the molecule is CCCc1nc(Cl)c(C)c(Nc2c(C)cccc2F)n1. The van der Waals surface area contributed by atoms with Crippen LogP contribution in [0.4, 0.5) is 15.9 Å². The molecule has 0 saturated carbocycles. The minimum atomic E-state index is -0.309. The van der Waals surface area contributed by atoms with Crippen molar-refractivity contribution in [2.45, 2.75) is 33.6 Å². The molecule has 5 heteroatoms. The van der Waals surface area contributed by atoms with Gasteiger partial charge in [0.05, 0.1) is 5.69 Å². The van der Waals surface area contributed by atoms with E-state index in [0.717, 1.165) is 18.4 Å². The number of aromatic nitrogens is 2. The largest absolute Gasteiger partial charge is 0.337 e. The minimum Gasteiger partial charge on any atom is -0.337 e. The van der Waals surface area contributed by atoms with E-state index in [9.17, 15) is 4.39 Å². The normalized spacial score (nSPS) is 10.7. The molecule has 106 valence electrons. The third-order valence-corrected chi connectivity index (χ3v) is 3.44. The highest BCUT2D eigenvalue weighted by Gasteiger charge is 2.12. The number of nitrogens with zero attached hydrogens (tertiary/aromatic N) is 2. The fourth-order valence-corrected chi connectivity index (χ4v) is 2.09. The fraction of sp³-hybridized carbons (Fsp3) is 0.333. The van der Waals surface area contributed by atoms with Crippen LogP contribution >= 0.6 is 11.6 Å².